The molecule has 0 aliphatic carbocycles. The van der Waals surface area contributed by atoms with E-state index in [-0.39, 0.29) is 10.1 Å². The van der Waals surface area contributed by atoms with Crippen LogP contribution in [-0.2, 0) is 14.8 Å². The lowest BCUT2D eigenvalue weighted by Gasteiger charge is -2.16. The third-order valence-corrected chi connectivity index (χ3v) is 6.79. The Bertz CT molecular complexity index is 968. The van der Waals surface area contributed by atoms with Crippen molar-refractivity contribution in [1.82, 2.24) is 4.31 Å². The van der Waals surface area contributed by atoms with E-state index < -0.39 is 21.2 Å². The third-order valence-electron chi connectivity index (χ3n) is 3.94. The summed E-state index contributed by atoms with van der Waals surface area (Å²) in [5, 5.41) is -0.371. The van der Waals surface area contributed by atoms with Crippen molar-refractivity contribution in [1.29, 1.82) is 0 Å². The molecule has 0 aromatic heterocycles. The van der Waals surface area contributed by atoms with Gasteiger partial charge in [0.15, 0.2) is 5.17 Å². The van der Waals surface area contributed by atoms with Gasteiger partial charge in [-0.1, -0.05) is 29.5 Å². The molecule has 1 aliphatic rings. The van der Waals surface area contributed by atoms with Gasteiger partial charge in [-0.3, -0.25) is 4.79 Å². The summed E-state index contributed by atoms with van der Waals surface area (Å²) in [5.74, 6) is 0.208. The molecule has 142 valence electrons. The number of aryl methyl sites for hydroxylation is 1. The van der Waals surface area contributed by atoms with E-state index >= 15 is 0 Å². The molecule has 1 saturated heterocycles. The molecular weight excluding hydrogens is 384 g/mol. The topological polar surface area (TPSA) is 76.0 Å². The molecule has 1 atom stereocenters. The molecule has 27 heavy (non-hydrogen) atoms. The summed E-state index contributed by atoms with van der Waals surface area (Å²) in [6, 6.07) is 13.4. The van der Waals surface area contributed by atoms with E-state index in [0.717, 1.165) is 21.6 Å². The fourth-order valence-corrected chi connectivity index (χ4v) is 5.21. The van der Waals surface area contributed by atoms with Gasteiger partial charge >= 0.3 is 0 Å². The Hall–Kier alpha value is -2.32. The van der Waals surface area contributed by atoms with Gasteiger partial charge in [0.2, 0.25) is 0 Å². The molecule has 0 radical (unpaired) electrons. The normalized spacial score (nSPS) is 18.9. The molecule has 3 rings (SSSR count). The Kier molecular flexibility index (Phi) is 5.57. The zero-order valence-corrected chi connectivity index (χ0v) is 16.9. The van der Waals surface area contributed by atoms with Crippen molar-refractivity contribution in [3.8, 4) is 5.75 Å². The molecule has 0 N–H and O–H groups in total. The maximum Gasteiger partial charge on any atom is 0.272 e. The van der Waals surface area contributed by atoms with Gasteiger partial charge in [0.05, 0.1) is 22.4 Å². The molecule has 1 aliphatic heterocycles. The smallest absolute Gasteiger partial charge is 0.272 e. The Balaban J connectivity index is 1.98. The number of hydrogen-bond donors (Lipinski definition) is 0. The quantitative estimate of drug-likeness (QED) is 0.759. The van der Waals surface area contributed by atoms with Crippen LogP contribution < -0.4 is 4.74 Å². The first-order chi connectivity index (χ1) is 12.8. The van der Waals surface area contributed by atoms with E-state index in [1.165, 1.54) is 12.1 Å². The van der Waals surface area contributed by atoms with Gasteiger partial charge in [0.1, 0.15) is 5.75 Å². The van der Waals surface area contributed by atoms with E-state index in [0.29, 0.717) is 18.0 Å². The van der Waals surface area contributed by atoms with Crippen molar-refractivity contribution >= 4 is 38.5 Å². The van der Waals surface area contributed by atoms with Crippen LogP contribution in [0.1, 0.15) is 19.4 Å². The van der Waals surface area contributed by atoms with Crippen LogP contribution >= 0.6 is 11.8 Å². The number of carbonyl (C=O) groups is 1. The summed E-state index contributed by atoms with van der Waals surface area (Å²) in [7, 11) is -4.02. The second-order valence-electron chi connectivity index (χ2n) is 6.00. The number of nitrogens with zero attached hydrogens (tertiary/aromatic N) is 2. The highest BCUT2D eigenvalue weighted by molar-refractivity contribution is 8.17. The zero-order chi connectivity index (χ0) is 19.6. The van der Waals surface area contributed by atoms with Crippen molar-refractivity contribution in [3.05, 3.63) is 54.1 Å². The number of rotatable bonds is 5. The molecule has 1 amide bonds. The lowest BCUT2D eigenvalue weighted by Crippen LogP contribution is -2.37. The van der Waals surface area contributed by atoms with Crippen LogP contribution in [-0.4, -0.2) is 35.7 Å². The maximum atomic E-state index is 13.0. The van der Waals surface area contributed by atoms with Crippen molar-refractivity contribution in [2.45, 2.75) is 30.9 Å². The monoisotopic (exact) mass is 404 g/mol. The second-order valence-corrected chi connectivity index (χ2v) is 9.10. The highest BCUT2D eigenvalue weighted by Gasteiger charge is 2.43. The Morgan fingerprint density at radius 3 is 2.33 bits per heavy atom. The van der Waals surface area contributed by atoms with Crippen LogP contribution in [0, 0.1) is 6.92 Å². The highest BCUT2D eigenvalue weighted by Crippen LogP contribution is 2.34. The van der Waals surface area contributed by atoms with Crippen molar-refractivity contribution in [2.75, 3.05) is 6.61 Å². The van der Waals surface area contributed by atoms with Crippen LogP contribution in [0.15, 0.2) is 58.4 Å². The van der Waals surface area contributed by atoms with Gasteiger partial charge in [-0.2, -0.15) is 4.31 Å². The SMILES string of the molecule is CCOc1ccc(N=C2SC(C)C(=O)N2S(=O)(=O)c2ccc(C)cc2)cc1. The number of sulfonamides is 1. The summed E-state index contributed by atoms with van der Waals surface area (Å²) in [4.78, 5) is 17.0. The molecule has 1 unspecified atom stereocenters. The number of thioether (sulfide) groups is 1. The van der Waals surface area contributed by atoms with Crippen molar-refractivity contribution in [3.63, 3.8) is 0 Å². The average molecular weight is 405 g/mol. The summed E-state index contributed by atoms with van der Waals surface area (Å²) in [6.45, 7) is 5.99. The number of hydrogen-bond acceptors (Lipinski definition) is 6. The van der Waals surface area contributed by atoms with Gasteiger partial charge in [-0.05, 0) is 57.2 Å². The summed E-state index contributed by atoms with van der Waals surface area (Å²) < 4.78 is 32.3. The Labute approximate surface area is 163 Å². The minimum Gasteiger partial charge on any atom is -0.494 e. The predicted molar refractivity (Wildman–Crippen MR) is 107 cm³/mol. The molecule has 2 aromatic carbocycles. The van der Waals surface area contributed by atoms with Crippen LogP contribution in [0.3, 0.4) is 0 Å². The van der Waals surface area contributed by atoms with Crippen LogP contribution in [0.2, 0.25) is 0 Å². The second kappa shape index (κ2) is 7.74. The zero-order valence-electron chi connectivity index (χ0n) is 15.2. The molecule has 1 fully saturated rings. The minimum atomic E-state index is -4.02. The standard InChI is InChI=1S/C19H20N2O4S2/c1-4-25-16-9-7-15(8-10-16)20-19-21(18(22)14(3)26-19)27(23,24)17-11-5-13(2)6-12-17/h5-12,14H,4H2,1-3H3. The number of aliphatic imine (C=N–C) groups is 1. The highest BCUT2D eigenvalue weighted by atomic mass is 32.2. The Morgan fingerprint density at radius 2 is 1.74 bits per heavy atom. The first-order valence-corrected chi connectivity index (χ1v) is 10.8. The van der Waals surface area contributed by atoms with Crippen molar-refractivity contribution < 1.29 is 17.9 Å². The van der Waals surface area contributed by atoms with Gasteiger partial charge in [-0.15, -0.1) is 0 Å². The number of amidine groups is 1. The van der Waals surface area contributed by atoms with E-state index in [1.807, 2.05) is 13.8 Å². The number of ether oxygens (including phenoxy) is 1. The average Bonchev–Trinajstić information content (AvgIpc) is 2.91. The van der Waals surface area contributed by atoms with E-state index in [4.69, 9.17) is 4.74 Å². The largest absolute Gasteiger partial charge is 0.494 e. The number of benzene rings is 2. The predicted octanol–water partition coefficient (Wildman–Crippen LogP) is 3.73. The van der Waals surface area contributed by atoms with Gasteiger partial charge in [-0.25, -0.2) is 13.4 Å². The summed E-state index contributed by atoms with van der Waals surface area (Å²) in [6.07, 6.45) is 0. The van der Waals surface area contributed by atoms with Gasteiger partial charge in [0.25, 0.3) is 15.9 Å². The first kappa shape index (κ1) is 19.4. The Morgan fingerprint density at radius 1 is 1.11 bits per heavy atom. The first-order valence-electron chi connectivity index (χ1n) is 8.47. The number of amides is 1. The van der Waals surface area contributed by atoms with Crippen molar-refractivity contribution in [2.24, 2.45) is 4.99 Å². The molecule has 0 bridgehead atoms. The molecule has 8 heteroatoms. The fourth-order valence-electron chi connectivity index (χ4n) is 2.52. The van der Waals surface area contributed by atoms with Gasteiger partial charge < -0.3 is 4.74 Å². The lowest BCUT2D eigenvalue weighted by atomic mass is 10.2. The van der Waals surface area contributed by atoms with E-state index in [1.54, 1.807) is 43.3 Å². The number of carbonyl (C=O) groups excluding carboxylic acids is 1. The van der Waals surface area contributed by atoms with Crippen LogP contribution in [0.4, 0.5) is 5.69 Å². The molecule has 2 aromatic rings. The third kappa shape index (κ3) is 4.01. The maximum absolute atomic E-state index is 13.0. The van der Waals surface area contributed by atoms with E-state index in [9.17, 15) is 13.2 Å². The molecule has 0 saturated carbocycles. The molecule has 6 nitrogen and oxygen atoms in total. The van der Waals surface area contributed by atoms with Gasteiger partial charge in [0, 0.05) is 0 Å². The van der Waals surface area contributed by atoms with Crippen LogP contribution in [0.5, 0.6) is 5.75 Å². The summed E-state index contributed by atoms with van der Waals surface area (Å²) in [5.41, 5.74) is 1.49. The molecule has 0 spiro atoms. The molecular formula is C19H20N2O4S2. The lowest BCUT2D eigenvalue weighted by molar-refractivity contribution is -0.122. The van der Waals surface area contributed by atoms with Crippen LogP contribution in [0.25, 0.3) is 0 Å². The van der Waals surface area contributed by atoms with E-state index in [2.05, 4.69) is 4.99 Å². The fraction of sp³-hybridized carbons (Fsp3) is 0.263. The minimum absolute atomic E-state index is 0.0653. The molecule has 1 heterocycles. The summed E-state index contributed by atoms with van der Waals surface area (Å²) >= 11 is 1.13.